The number of likely N-dealkylation sites (tertiary alicyclic amines) is 1. The zero-order valence-electron chi connectivity index (χ0n) is 17.8. The van der Waals surface area contributed by atoms with Crippen LogP contribution in [0, 0.1) is 11.6 Å². The summed E-state index contributed by atoms with van der Waals surface area (Å²) in [5.74, 6) is -2.11. The topological polar surface area (TPSA) is 94.3 Å². The third-order valence-electron chi connectivity index (χ3n) is 5.55. The van der Waals surface area contributed by atoms with Crippen molar-refractivity contribution in [1.29, 1.82) is 0 Å². The summed E-state index contributed by atoms with van der Waals surface area (Å²) < 4.78 is 26.9. The van der Waals surface area contributed by atoms with Crippen molar-refractivity contribution >= 4 is 23.3 Å². The molecule has 0 aliphatic carbocycles. The molecule has 3 rings (SSSR count). The fraction of sp³-hybridized carbons (Fsp3) is 0.476. The number of nitrogens with zero attached hydrogens (tertiary/aromatic N) is 4. The molecule has 31 heavy (non-hydrogen) atoms. The van der Waals surface area contributed by atoms with Gasteiger partial charge in [0.2, 0.25) is 5.91 Å². The lowest BCUT2D eigenvalue weighted by atomic mass is 9.97. The molecule has 2 aliphatic rings. The highest BCUT2D eigenvalue weighted by atomic mass is 19.2. The minimum Gasteiger partial charge on any atom is -0.398 e. The van der Waals surface area contributed by atoms with Crippen LogP contribution in [-0.2, 0) is 4.79 Å². The molecule has 0 aromatic heterocycles. The number of halogens is 2. The summed E-state index contributed by atoms with van der Waals surface area (Å²) in [5, 5.41) is 2.55. The molecule has 0 unspecified atom stereocenters. The number of carbonyl (C=O) groups is 2. The van der Waals surface area contributed by atoms with Crippen molar-refractivity contribution in [2.75, 3.05) is 59.9 Å². The Bertz CT molecular complexity index is 909. The van der Waals surface area contributed by atoms with Gasteiger partial charge in [-0.1, -0.05) is 0 Å². The zero-order chi connectivity index (χ0) is 22.5. The highest BCUT2D eigenvalue weighted by Crippen LogP contribution is 2.22. The van der Waals surface area contributed by atoms with Gasteiger partial charge in [0.05, 0.1) is 12.3 Å². The number of piperazine rings is 1. The number of carbonyl (C=O) groups excluding carboxylic acids is 2. The first-order valence-corrected chi connectivity index (χ1v) is 10.2. The minimum absolute atomic E-state index is 0.128. The maximum absolute atomic E-state index is 13.6. The molecule has 0 radical (unpaired) electrons. The molecule has 2 saturated heterocycles. The number of nitrogens with one attached hydrogen (secondary N) is 1. The van der Waals surface area contributed by atoms with Crippen LogP contribution in [0.2, 0.25) is 0 Å². The second-order valence-corrected chi connectivity index (χ2v) is 7.91. The Balaban J connectivity index is 1.71. The Labute approximate surface area is 180 Å². The number of hydrogen-bond acceptors (Lipinski definition) is 5. The highest BCUT2D eigenvalue weighted by molar-refractivity contribution is 6.11. The number of amides is 3. The average Bonchev–Trinajstić information content (AvgIpc) is 2.75. The lowest BCUT2D eigenvalue weighted by Gasteiger charge is -2.32. The van der Waals surface area contributed by atoms with Crippen LogP contribution in [0.1, 0.15) is 12.0 Å². The highest BCUT2D eigenvalue weighted by Gasteiger charge is 2.23. The van der Waals surface area contributed by atoms with Crippen LogP contribution in [-0.4, -0.2) is 92.3 Å². The van der Waals surface area contributed by atoms with E-state index in [1.165, 1.54) is 6.07 Å². The maximum Gasteiger partial charge on any atom is 0.341 e. The van der Waals surface area contributed by atoms with Gasteiger partial charge in [-0.05, 0) is 32.3 Å². The predicted octanol–water partition coefficient (Wildman–Crippen LogP) is 0.895. The van der Waals surface area contributed by atoms with E-state index in [1.807, 2.05) is 19.0 Å². The summed E-state index contributed by atoms with van der Waals surface area (Å²) in [5.41, 5.74) is 7.86. The van der Waals surface area contributed by atoms with Crippen molar-refractivity contribution in [2.45, 2.75) is 6.42 Å². The van der Waals surface area contributed by atoms with Gasteiger partial charge >= 0.3 is 6.03 Å². The van der Waals surface area contributed by atoms with Gasteiger partial charge in [0.15, 0.2) is 11.6 Å². The summed E-state index contributed by atoms with van der Waals surface area (Å²) >= 11 is 0. The number of benzene rings is 1. The van der Waals surface area contributed by atoms with Gasteiger partial charge in [-0.15, -0.1) is 0 Å². The molecule has 168 valence electrons. The molecule has 3 amide bonds. The second-order valence-electron chi connectivity index (χ2n) is 7.91. The third kappa shape index (κ3) is 5.86. The fourth-order valence-electron chi connectivity index (χ4n) is 3.57. The van der Waals surface area contributed by atoms with E-state index in [0.29, 0.717) is 49.4 Å². The average molecular weight is 434 g/mol. The molecule has 2 fully saturated rings. The number of likely N-dealkylation sites (N-methyl/N-ethyl adjacent to an activating group) is 2. The van der Waals surface area contributed by atoms with E-state index in [0.717, 1.165) is 25.2 Å². The third-order valence-corrected chi connectivity index (χ3v) is 5.55. The summed E-state index contributed by atoms with van der Waals surface area (Å²) in [6.07, 6.45) is 0.468. The van der Waals surface area contributed by atoms with Crippen molar-refractivity contribution in [3.8, 4) is 0 Å². The minimum atomic E-state index is -0.996. The molecule has 0 atom stereocenters. The maximum atomic E-state index is 13.6. The Kier molecular flexibility index (Phi) is 7.34. The van der Waals surface area contributed by atoms with Crippen molar-refractivity contribution < 1.29 is 18.4 Å². The molecule has 1 aromatic rings. The van der Waals surface area contributed by atoms with E-state index in [4.69, 9.17) is 5.73 Å². The molecule has 0 spiro atoms. The van der Waals surface area contributed by atoms with Gasteiger partial charge in [0, 0.05) is 62.5 Å². The van der Waals surface area contributed by atoms with E-state index in [9.17, 15) is 18.4 Å². The van der Waals surface area contributed by atoms with Gasteiger partial charge in [-0.3, -0.25) is 4.79 Å². The quantitative estimate of drug-likeness (QED) is 0.737. The van der Waals surface area contributed by atoms with Crippen molar-refractivity contribution in [1.82, 2.24) is 20.0 Å². The predicted molar refractivity (Wildman–Crippen MR) is 114 cm³/mol. The fourth-order valence-corrected chi connectivity index (χ4v) is 3.57. The Morgan fingerprint density at radius 1 is 1.06 bits per heavy atom. The molecule has 10 heteroatoms. The standard InChI is InChI=1S/C21H28F2N6O2/c1-27-7-9-29(10-8-27)19(30)12-25-21(31)26-18-5-6-28(2)13-15(18)20(24)14-3-4-16(22)17(23)11-14/h3-4,11H,5-10,12-13,24H2,1-2H3,(H,25,31). The summed E-state index contributed by atoms with van der Waals surface area (Å²) in [7, 11) is 3.89. The summed E-state index contributed by atoms with van der Waals surface area (Å²) in [6.45, 7) is 3.81. The van der Waals surface area contributed by atoms with Crippen molar-refractivity contribution in [2.24, 2.45) is 10.7 Å². The second kappa shape index (κ2) is 9.97. The van der Waals surface area contributed by atoms with Crippen molar-refractivity contribution in [3.63, 3.8) is 0 Å². The first kappa shape index (κ1) is 22.8. The van der Waals surface area contributed by atoms with Gasteiger partial charge in [0.25, 0.3) is 0 Å². The molecule has 0 bridgehead atoms. The molecule has 8 nitrogen and oxygen atoms in total. The van der Waals surface area contributed by atoms with Gasteiger partial charge < -0.3 is 25.8 Å². The van der Waals surface area contributed by atoms with Crippen LogP contribution >= 0.6 is 0 Å². The molecule has 3 N–H and O–H groups in total. The Morgan fingerprint density at radius 2 is 1.77 bits per heavy atom. The largest absolute Gasteiger partial charge is 0.398 e. The van der Waals surface area contributed by atoms with Crippen LogP contribution < -0.4 is 11.1 Å². The number of rotatable bonds is 3. The summed E-state index contributed by atoms with van der Waals surface area (Å²) in [6, 6.07) is 2.80. The SMILES string of the molecule is CN1CCN(C(=O)CNC(=O)N=C2CCN(C)CC2=C(N)c2ccc(F)c(F)c2)CC1. The van der Waals surface area contributed by atoms with E-state index in [-0.39, 0.29) is 18.1 Å². The molecule has 1 aromatic carbocycles. The van der Waals surface area contributed by atoms with Crippen LogP contribution in [0.15, 0.2) is 28.8 Å². The number of urea groups is 1. The van der Waals surface area contributed by atoms with Gasteiger partial charge in [0.1, 0.15) is 0 Å². The zero-order valence-corrected chi connectivity index (χ0v) is 17.8. The van der Waals surface area contributed by atoms with E-state index < -0.39 is 17.7 Å². The lowest BCUT2D eigenvalue weighted by molar-refractivity contribution is -0.131. The van der Waals surface area contributed by atoms with E-state index in [1.54, 1.807) is 4.90 Å². The van der Waals surface area contributed by atoms with Crippen LogP contribution in [0.25, 0.3) is 5.70 Å². The Morgan fingerprint density at radius 3 is 2.45 bits per heavy atom. The van der Waals surface area contributed by atoms with Crippen LogP contribution in [0.4, 0.5) is 13.6 Å². The molecular formula is C21H28F2N6O2. The Hall–Kier alpha value is -2.85. The van der Waals surface area contributed by atoms with Crippen LogP contribution in [0.3, 0.4) is 0 Å². The number of piperidine rings is 1. The van der Waals surface area contributed by atoms with Crippen LogP contribution in [0.5, 0.6) is 0 Å². The molecular weight excluding hydrogens is 406 g/mol. The molecule has 2 heterocycles. The normalized spacial score (nSPS) is 21.3. The smallest absolute Gasteiger partial charge is 0.341 e. The van der Waals surface area contributed by atoms with E-state index in [2.05, 4.69) is 15.2 Å². The number of hydrogen-bond donors (Lipinski definition) is 2. The monoisotopic (exact) mass is 434 g/mol. The summed E-state index contributed by atoms with van der Waals surface area (Å²) in [4.78, 5) is 34.6. The molecule has 0 saturated carbocycles. The molecule has 2 aliphatic heterocycles. The number of aliphatic imine (C=N–C) groups is 1. The number of nitrogens with two attached hydrogens (primary N) is 1. The lowest BCUT2D eigenvalue weighted by Crippen LogP contribution is -2.49. The van der Waals surface area contributed by atoms with E-state index >= 15 is 0 Å². The van der Waals surface area contributed by atoms with Gasteiger partial charge in [-0.2, -0.15) is 4.99 Å². The van der Waals surface area contributed by atoms with Gasteiger partial charge in [-0.25, -0.2) is 13.6 Å². The van der Waals surface area contributed by atoms with Crippen molar-refractivity contribution in [3.05, 3.63) is 41.0 Å². The first-order valence-electron chi connectivity index (χ1n) is 10.2. The first-order chi connectivity index (χ1) is 14.7.